The van der Waals surface area contributed by atoms with Crippen molar-refractivity contribution in [1.82, 2.24) is 0 Å². The van der Waals surface area contributed by atoms with Gasteiger partial charge in [-0.3, -0.25) is 14.5 Å². The molecule has 1 amide bonds. The third-order valence-corrected chi connectivity index (χ3v) is 7.09. The number of phenols is 1. The lowest BCUT2D eigenvalue weighted by Crippen LogP contribution is -2.29. The molecular formula is C32H35NO7. The Morgan fingerprint density at radius 3 is 2.27 bits per heavy atom. The first-order valence-electron chi connectivity index (χ1n) is 13.1. The molecule has 1 aliphatic rings. The van der Waals surface area contributed by atoms with Gasteiger partial charge in [0.1, 0.15) is 17.3 Å². The zero-order chi connectivity index (χ0) is 29.3. The van der Waals surface area contributed by atoms with Crippen molar-refractivity contribution in [2.24, 2.45) is 0 Å². The second-order valence-electron chi connectivity index (χ2n) is 10.1. The Morgan fingerprint density at radius 2 is 1.65 bits per heavy atom. The quantitative estimate of drug-likeness (QED) is 0.198. The molecule has 2 N–H and O–H groups in total. The van der Waals surface area contributed by atoms with Crippen LogP contribution in [0.4, 0.5) is 5.69 Å². The first-order chi connectivity index (χ1) is 19.0. The van der Waals surface area contributed by atoms with Crippen molar-refractivity contribution in [2.75, 3.05) is 25.7 Å². The Balaban J connectivity index is 2.04. The molecule has 1 aliphatic heterocycles. The third-order valence-electron chi connectivity index (χ3n) is 7.09. The number of aliphatic hydroxyl groups excluding tert-OH is 1. The molecule has 1 heterocycles. The number of benzene rings is 3. The largest absolute Gasteiger partial charge is 0.507 e. The second-order valence-corrected chi connectivity index (χ2v) is 10.1. The van der Waals surface area contributed by atoms with Gasteiger partial charge in [0.2, 0.25) is 0 Å². The maximum Gasteiger partial charge on any atom is 0.300 e. The Hall–Kier alpha value is -4.46. The standard InChI is InChI=1S/C32H35NO7/c1-8-40-27-15-20(10-12-25(27)38-6)29-28(30(35)22-16-21(17(2)3)26(39-7)14-19(22)5)31(36)32(37)33(29)23-13-18(4)9-11-24(23)34/h9-17,29,34-35H,8H2,1-7H3/b30-28+. The molecule has 0 radical (unpaired) electrons. The molecule has 8 heteroatoms. The van der Waals surface area contributed by atoms with Crippen LogP contribution in [-0.2, 0) is 9.59 Å². The first kappa shape index (κ1) is 28.5. The van der Waals surface area contributed by atoms with E-state index in [0.29, 0.717) is 40.5 Å². The van der Waals surface area contributed by atoms with Crippen LogP contribution in [-0.4, -0.2) is 42.7 Å². The zero-order valence-electron chi connectivity index (χ0n) is 23.9. The summed E-state index contributed by atoms with van der Waals surface area (Å²) in [5.41, 5.74) is 3.29. The van der Waals surface area contributed by atoms with Crippen LogP contribution in [0.5, 0.6) is 23.0 Å². The van der Waals surface area contributed by atoms with Crippen LogP contribution < -0.4 is 19.1 Å². The van der Waals surface area contributed by atoms with Gasteiger partial charge in [-0.25, -0.2) is 0 Å². The van der Waals surface area contributed by atoms with Crippen molar-refractivity contribution in [3.05, 3.63) is 81.9 Å². The van der Waals surface area contributed by atoms with Crippen LogP contribution in [0.1, 0.15) is 60.5 Å². The molecule has 0 spiro atoms. The lowest BCUT2D eigenvalue weighted by Gasteiger charge is -2.27. The summed E-state index contributed by atoms with van der Waals surface area (Å²) in [6.45, 7) is 9.83. The molecular weight excluding hydrogens is 510 g/mol. The molecule has 4 rings (SSSR count). The summed E-state index contributed by atoms with van der Waals surface area (Å²) in [5, 5.41) is 22.6. The number of amides is 1. The van der Waals surface area contributed by atoms with Gasteiger partial charge in [-0.2, -0.15) is 0 Å². The lowest BCUT2D eigenvalue weighted by atomic mass is 9.90. The molecule has 210 valence electrons. The number of rotatable bonds is 8. The van der Waals surface area contributed by atoms with E-state index in [4.69, 9.17) is 14.2 Å². The minimum atomic E-state index is -1.05. The van der Waals surface area contributed by atoms with E-state index in [-0.39, 0.29) is 28.7 Å². The molecule has 1 saturated heterocycles. The zero-order valence-corrected chi connectivity index (χ0v) is 23.9. The fraction of sp³-hybridized carbons (Fsp3) is 0.312. The topological polar surface area (TPSA) is 106 Å². The number of hydrogen-bond acceptors (Lipinski definition) is 7. The van der Waals surface area contributed by atoms with Crippen LogP contribution >= 0.6 is 0 Å². The van der Waals surface area contributed by atoms with Crippen LogP contribution in [0.3, 0.4) is 0 Å². The van der Waals surface area contributed by atoms with Gasteiger partial charge in [-0.1, -0.05) is 26.0 Å². The Kier molecular flexibility index (Phi) is 8.09. The number of anilines is 1. The summed E-state index contributed by atoms with van der Waals surface area (Å²) in [5.74, 6) is -0.567. The number of methoxy groups -OCH3 is 2. The summed E-state index contributed by atoms with van der Waals surface area (Å²) in [6.07, 6.45) is 0. The summed E-state index contributed by atoms with van der Waals surface area (Å²) >= 11 is 0. The number of aliphatic hydroxyl groups is 1. The van der Waals surface area contributed by atoms with Gasteiger partial charge in [-0.15, -0.1) is 0 Å². The van der Waals surface area contributed by atoms with E-state index < -0.39 is 17.7 Å². The second kappa shape index (κ2) is 11.3. The van der Waals surface area contributed by atoms with Crippen molar-refractivity contribution < 1.29 is 34.0 Å². The third kappa shape index (κ3) is 4.97. The number of aromatic hydroxyl groups is 1. The van der Waals surface area contributed by atoms with Gasteiger partial charge in [-0.05, 0) is 85.3 Å². The maximum absolute atomic E-state index is 13.7. The number of carbonyl (C=O) groups is 2. The lowest BCUT2D eigenvalue weighted by molar-refractivity contribution is -0.132. The molecule has 0 aromatic heterocycles. The molecule has 40 heavy (non-hydrogen) atoms. The van der Waals surface area contributed by atoms with Crippen molar-refractivity contribution in [2.45, 2.75) is 46.6 Å². The summed E-state index contributed by atoms with van der Waals surface area (Å²) in [4.78, 5) is 28.6. The highest BCUT2D eigenvalue weighted by molar-refractivity contribution is 6.52. The molecule has 1 atom stereocenters. The molecule has 0 bridgehead atoms. The number of ketones is 1. The van der Waals surface area contributed by atoms with Gasteiger partial charge in [0, 0.05) is 5.56 Å². The van der Waals surface area contributed by atoms with E-state index in [9.17, 15) is 19.8 Å². The number of Topliss-reactive ketones (excluding diaryl/α,β-unsaturated/α-hetero) is 1. The Bertz CT molecular complexity index is 1510. The normalized spacial score (nSPS) is 16.5. The number of aryl methyl sites for hydroxylation is 2. The van der Waals surface area contributed by atoms with Crippen molar-refractivity contribution in [1.29, 1.82) is 0 Å². The van der Waals surface area contributed by atoms with Gasteiger partial charge in [0.05, 0.1) is 38.1 Å². The van der Waals surface area contributed by atoms with Gasteiger partial charge in [0.25, 0.3) is 11.7 Å². The fourth-order valence-electron chi connectivity index (χ4n) is 5.08. The average Bonchev–Trinajstić information content (AvgIpc) is 3.19. The van der Waals surface area contributed by atoms with E-state index >= 15 is 0 Å². The van der Waals surface area contributed by atoms with Gasteiger partial charge >= 0.3 is 0 Å². The van der Waals surface area contributed by atoms with Crippen molar-refractivity contribution >= 4 is 23.1 Å². The average molecular weight is 546 g/mol. The van der Waals surface area contributed by atoms with Crippen LogP contribution in [0.25, 0.3) is 5.76 Å². The highest BCUT2D eigenvalue weighted by Crippen LogP contribution is 2.47. The summed E-state index contributed by atoms with van der Waals surface area (Å²) < 4.78 is 16.8. The number of hydrogen-bond donors (Lipinski definition) is 2. The molecule has 1 fully saturated rings. The minimum absolute atomic E-state index is 0.0693. The smallest absolute Gasteiger partial charge is 0.300 e. The van der Waals surface area contributed by atoms with Gasteiger partial charge < -0.3 is 24.4 Å². The Labute approximate surface area is 234 Å². The molecule has 8 nitrogen and oxygen atoms in total. The van der Waals surface area contributed by atoms with Gasteiger partial charge in [0.15, 0.2) is 11.5 Å². The fourth-order valence-corrected chi connectivity index (χ4v) is 5.08. The molecule has 3 aromatic rings. The number of nitrogens with zero attached hydrogens (tertiary/aromatic N) is 1. The van der Waals surface area contributed by atoms with E-state index in [1.54, 1.807) is 50.4 Å². The molecule has 0 saturated carbocycles. The summed E-state index contributed by atoms with van der Waals surface area (Å²) in [7, 11) is 3.10. The molecule has 1 unspecified atom stereocenters. The summed E-state index contributed by atoms with van der Waals surface area (Å²) in [6, 6.07) is 12.5. The van der Waals surface area contributed by atoms with Crippen LogP contribution in [0.2, 0.25) is 0 Å². The highest BCUT2D eigenvalue weighted by atomic mass is 16.5. The highest BCUT2D eigenvalue weighted by Gasteiger charge is 2.48. The SMILES string of the molecule is CCOc1cc(C2/C(=C(\O)c3cc(C(C)C)c(OC)cc3C)C(=O)C(=O)N2c2cc(C)ccc2O)ccc1OC. The van der Waals surface area contributed by atoms with Crippen LogP contribution in [0.15, 0.2) is 54.1 Å². The number of phenolic OH excluding ortho intramolecular Hbond substituents is 1. The monoisotopic (exact) mass is 545 g/mol. The van der Waals surface area contributed by atoms with E-state index in [2.05, 4.69) is 0 Å². The number of carbonyl (C=O) groups excluding carboxylic acids is 2. The predicted octanol–water partition coefficient (Wildman–Crippen LogP) is 6.17. The minimum Gasteiger partial charge on any atom is -0.507 e. The van der Waals surface area contributed by atoms with Crippen molar-refractivity contribution in [3.8, 4) is 23.0 Å². The predicted molar refractivity (Wildman–Crippen MR) is 154 cm³/mol. The van der Waals surface area contributed by atoms with E-state index in [1.807, 2.05) is 33.8 Å². The Morgan fingerprint density at radius 1 is 0.950 bits per heavy atom. The number of ether oxygens (including phenoxy) is 3. The first-order valence-corrected chi connectivity index (χ1v) is 13.1. The maximum atomic E-state index is 13.7. The van der Waals surface area contributed by atoms with E-state index in [0.717, 1.165) is 11.1 Å². The molecule has 3 aromatic carbocycles. The van der Waals surface area contributed by atoms with E-state index in [1.165, 1.54) is 18.1 Å². The van der Waals surface area contributed by atoms with Crippen LogP contribution in [0, 0.1) is 13.8 Å². The van der Waals surface area contributed by atoms with Crippen molar-refractivity contribution in [3.63, 3.8) is 0 Å². The molecule has 0 aliphatic carbocycles.